The van der Waals surface area contributed by atoms with E-state index in [1.165, 1.54) is 20.8 Å². The zero-order valence-electron chi connectivity index (χ0n) is 66.1. The summed E-state index contributed by atoms with van der Waals surface area (Å²) in [5.41, 5.74) is -1.66. The van der Waals surface area contributed by atoms with Crippen LogP contribution in [0.1, 0.15) is 144 Å². The molecule has 13 N–H and O–H groups in total. The van der Waals surface area contributed by atoms with Crippen LogP contribution < -0.4 is 35.5 Å². The number of carbonyl (C=O) groups excluding carboxylic acids is 3. The maximum atomic E-state index is 14.0. The molecular weight excluding hydrogens is 1610 g/mol. The molecule has 3 fully saturated rings. The first-order valence-electron chi connectivity index (χ1n) is 38.9. The van der Waals surface area contributed by atoms with Crippen molar-refractivity contribution in [2.75, 3.05) is 165 Å². The summed E-state index contributed by atoms with van der Waals surface area (Å²) in [7, 11) is -19.5. The molecule has 3 amide bonds. The van der Waals surface area contributed by atoms with E-state index >= 15 is 0 Å². The molecule has 0 aromatic rings. The highest BCUT2D eigenvalue weighted by Crippen LogP contribution is 2.45. The van der Waals surface area contributed by atoms with Crippen LogP contribution in [0, 0.1) is 11.3 Å². The third-order valence-electron chi connectivity index (χ3n) is 17.8. The molecule has 0 aromatic carbocycles. The topological polar surface area (TPSA) is 616 Å². The minimum Gasteiger partial charge on any atom is -0.778 e. The SMILES string of the molecule is CC(=O)NC1[C@H](OCCCCCCOP(=O)([O-])OCCCOCC(COCCCOP(=O)([O-])OCCCCCCO[C@@H]2OC(CO)[C@H](O)[C@H](O)C2NC(C)=O)(COCCCOP(=O)([O-])OCCCCC[C@@H]2OC(CO)[C@H](O)C(O)[C@@H]2NC(C)=O)CP(=O)([O-])OCCCOCC(CO)COCCCOC(C)C)OC(CO)[C@H](O)[C@@H]1O. The van der Waals surface area contributed by atoms with Gasteiger partial charge in [0.2, 0.25) is 17.7 Å². The first-order chi connectivity index (χ1) is 54.1. The highest BCUT2D eigenvalue weighted by molar-refractivity contribution is 7.51. The second-order valence-corrected chi connectivity index (χ2v) is 34.4. The third kappa shape index (κ3) is 45.3. The largest absolute Gasteiger partial charge is 0.778 e. The Morgan fingerprint density at radius 2 is 0.702 bits per heavy atom. The number of aliphatic hydroxyl groups excluding tert-OH is 10. The van der Waals surface area contributed by atoms with Crippen LogP contribution in [0.15, 0.2) is 0 Å². The summed E-state index contributed by atoms with van der Waals surface area (Å²) in [6, 6.07) is -3.21. The Morgan fingerprint density at radius 1 is 0.386 bits per heavy atom. The second kappa shape index (κ2) is 58.9. The van der Waals surface area contributed by atoms with E-state index in [1.54, 1.807) is 0 Å². The van der Waals surface area contributed by atoms with E-state index in [1.807, 2.05) is 13.8 Å². The predicted molar refractivity (Wildman–Crippen MR) is 392 cm³/mol. The minimum atomic E-state index is -4.91. The van der Waals surface area contributed by atoms with E-state index in [-0.39, 0.29) is 149 Å². The van der Waals surface area contributed by atoms with Crippen LogP contribution in [-0.4, -0.2) is 331 Å². The second-order valence-electron chi connectivity index (χ2n) is 28.4. The molecule has 3 aliphatic rings. The van der Waals surface area contributed by atoms with Crippen molar-refractivity contribution in [3.8, 4) is 0 Å². The van der Waals surface area contributed by atoms with Gasteiger partial charge in [-0.05, 0) is 84.5 Å². The summed E-state index contributed by atoms with van der Waals surface area (Å²) >= 11 is 0. The van der Waals surface area contributed by atoms with Crippen molar-refractivity contribution in [1.29, 1.82) is 0 Å². The highest BCUT2D eigenvalue weighted by atomic mass is 31.2. The Bertz CT molecular complexity index is 2670. The quantitative estimate of drug-likeness (QED) is 0.0225. The lowest BCUT2D eigenvalue weighted by Crippen LogP contribution is -2.64. The zero-order valence-corrected chi connectivity index (χ0v) is 69.7. The molecule has 0 aromatic heterocycles. The summed E-state index contributed by atoms with van der Waals surface area (Å²) in [5.74, 6) is -1.89. The number of hydrogen-bond acceptors (Lipinski definition) is 39. The third-order valence-corrected chi connectivity index (χ3v) is 22.4. The molecule has 3 heterocycles. The first-order valence-corrected chi connectivity index (χ1v) is 45.0. The summed E-state index contributed by atoms with van der Waals surface area (Å²) in [4.78, 5) is 87.7. The molecule has 20 atom stereocenters. The summed E-state index contributed by atoms with van der Waals surface area (Å²) in [6.07, 6.45) is -10.9. The molecular formula is C68H129N3O39P4-4. The van der Waals surface area contributed by atoms with Gasteiger partial charge in [0, 0.05) is 91.1 Å². The van der Waals surface area contributed by atoms with Crippen LogP contribution in [0.5, 0.6) is 0 Å². The van der Waals surface area contributed by atoms with Crippen LogP contribution in [0.25, 0.3) is 0 Å². The molecule has 0 saturated carbocycles. The number of carbonyl (C=O) groups is 3. The number of ether oxygens (including phenoxy) is 11. The van der Waals surface area contributed by atoms with Crippen molar-refractivity contribution in [2.45, 2.75) is 242 Å². The molecule has 0 aliphatic carbocycles. The number of aliphatic hydroxyl groups is 10. The number of nitrogens with one attached hydrogen (secondary N) is 3. The lowest BCUT2D eigenvalue weighted by Gasteiger charge is -2.42. The lowest BCUT2D eigenvalue weighted by molar-refractivity contribution is -0.270. The molecule has 0 spiro atoms. The molecule has 0 radical (unpaired) electrons. The van der Waals surface area contributed by atoms with Gasteiger partial charge in [-0.1, -0.05) is 38.5 Å². The number of hydrogen-bond donors (Lipinski definition) is 13. The molecule has 114 heavy (non-hydrogen) atoms. The summed E-state index contributed by atoms with van der Waals surface area (Å²) in [5, 5.41) is 109. The van der Waals surface area contributed by atoms with E-state index < -0.39 is 212 Å². The molecule has 42 nitrogen and oxygen atoms in total. The van der Waals surface area contributed by atoms with Crippen LogP contribution >= 0.6 is 31.1 Å². The smallest absolute Gasteiger partial charge is 0.267 e. The van der Waals surface area contributed by atoms with Gasteiger partial charge in [0.1, 0.15) is 74.6 Å². The molecule has 3 aliphatic heterocycles. The molecule has 11 unspecified atom stereocenters. The fraction of sp³-hybridized carbons (Fsp3) is 0.956. The highest BCUT2D eigenvalue weighted by Gasteiger charge is 2.48. The predicted octanol–water partition coefficient (Wildman–Crippen LogP) is -2.30. The molecule has 3 saturated heterocycles. The monoisotopic (exact) mass is 1740 g/mol. The van der Waals surface area contributed by atoms with Crippen molar-refractivity contribution in [3.05, 3.63) is 0 Å². The van der Waals surface area contributed by atoms with E-state index in [0.29, 0.717) is 71.0 Å². The van der Waals surface area contributed by atoms with Crippen molar-refractivity contribution in [1.82, 2.24) is 16.0 Å². The Hall–Kier alpha value is -1.95. The Morgan fingerprint density at radius 3 is 1.06 bits per heavy atom. The van der Waals surface area contributed by atoms with Crippen molar-refractivity contribution < 1.29 is 187 Å². The fourth-order valence-corrected chi connectivity index (χ4v) is 15.9. The first kappa shape index (κ1) is 106. The number of phosphoric acid groups is 3. The fourth-order valence-electron chi connectivity index (χ4n) is 12.0. The molecule has 46 heteroatoms. The molecule has 0 bridgehead atoms. The van der Waals surface area contributed by atoms with Crippen molar-refractivity contribution >= 4 is 48.8 Å². The maximum absolute atomic E-state index is 14.0. The van der Waals surface area contributed by atoms with Gasteiger partial charge >= 0.3 is 0 Å². The zero-order chi connectivity index (χ0) is 84.6. The van der Waals surface area contributed by atoms with E-state index in [4.69, 9.17) is 83.8 Å². The molecule has 3 rings (SSSR count). The average Bonchev–Trinajstić information content (AvgIpc) is 0.815. The summed E-state index contributed by atoms with van der Waals surface area (Å²) < 4.78 is 151. The van der Waals surface area contributed by atoms with Gasteiger partial charge in [0.15, 0.2) is 12.6 Å². The number of amides is 3. The number of unbranched alkanes of at least 4 members (excludes halogenated alkanes) is 8. The standard InChI is InChI=1S/C68H133N3O39P4/c1-48(2)98-30-17-23-93-42-52(38-72)43-94-24-18-34-101-111(85,86)47-68(46-97-27-21-37-107-114(91,92)104-33-16-10-11-22-53-57(69-49(3)76)63(82)60(79)54(39-73)108-53,44-95-25-19-35-105-112(87,88)102-31-14-8-6-12-28-99-66-58(70-50(4)77)64(83)61(80)55(40-74)109-66)45-96-26-20-36-106-113(89,90)103-32-15-9-7-13-29-100-67-59(71-51(5)78)65(84)62(81)56(41-75)110-67/h48,52-67,72-75,79-84H,6-47H2,1-5H3,(H,69,76)(H,70,77)(H,71,78)(H,85,86)(H,87,88)(H,89,90)(H,91,92)/p-4/t52?,53-,54?,55?,56?,57+,58?,59?,60-,61-,62-,63?,64+,65+,66+,67+,68?/m0/s1. The van der Waals surface area contributed by atoms with Gasteiger partial charge in [-0.25, -0.2) is 0 Å². The van der Waals surface area contributed by atoms with Gasteiger partial charge in [0.25, 0.3) is 23.5 Å². The van der Waals surface area contributed by atoms with Gasteiger partial charge in [-0.3, -0.25) is 28.1 Å². The van der Waals surface area contributed by atoms with E-state index in [9.17, 15) is 103 Å². The van der Waals surface area contributed by atoms with Crippen molar-refractivity contribution in [3.63, 3.8) is 0 Å². The molecule has 674 valence electrons. The van der Waals surface area contributed by atoms with Gasteiger partial charge in [-0.15, -0.1) is 0 Å². The Balaban J connectivity index is 1.65. The van der Waals surface area contributed by atoms with Crippen LogP contribution in [0.2, 0.25) is 0 Å². The number of phosphoric ester groups is 3. The van der Waals surface area contributed by atoms with Crippen LogP contribution in [0.3, 0.4) is 0 Å². The normalized spacial score (nSPS) is 27.1. The minimum absolute atomic E-state index is 0.0273. The maximum Gasteiger partial charge on any atom is 0.267 e. The Kier molecular flexibility index (Phi) is 54.9. The van der Waals surface area contributed by atoms with Gasteiger partial charge in [0.05, 0.1) is 124 Å². The van der Waals surface area contributed by atoms with Gasteiger partial charge < -0.3 is 175 Å². The number of rotatable bonds is 69. The van der Waals surface area contributed by atoms with Gasteiger partial charge in [-0.2, -0.15) is 0 Å². The van der Waals surface area contributed by atoms with Crippen LogP contribution in [-0.2, 0) is 116 Å². The van der Waals surface area contributed by atoms with Crippen LogP contribution in [0.4, 0.5) is 0 Å². The summed E-state index contributed by atoms with van der Waals surface area (Å²) in [6.45, 7) is 2.21. The average molecular weight is 1740 g/mol. The van der Waals surface area contributed by atoms with E-state index in [0.717, 1.165) is 0 Å². The Labute approximate surface area is 667 Å². The lowest BCUT2D eigenvalue weighted by atomic mass is 9.90. The van der Waals surface area contributed by atoms with E-state index in [2.05, 4.69) is 16.0 Å². The van der Waals surface area contributed by atoms with Crippen molar-refractivity contribution in [2.24, 2.45) is 11.3 Å².